The van der Waals surface area contributed by atoms with E-state index in [1.165, 1.54) is 6.92 Å². The Balaban J connectivity index is 1.26. The molecule has 0 aliphatic carbocycles. The minimum atomic E-state index is -0.833. The smallest absolute Gasteiger partial charge is 0.497 e. The van der Waals surface area contributed by atoms with Gasteiger partial charge < -0.3 is 18.9 Å². The number of methoxy groups -OCH3 is 1. The Labute approximate surface area is 305 Å². The molecule has 0 atom stereocenters. The Morgan fingerprint density at radius 3 is 1.31 bits per heavy atom. The molecular weight excluding hydrogens is 649 g/mol. The summed E-state index contributed by atoms with van der Waals surface area (Å²) in [5.74, 6) is 1.69. The molecule has 0 unspecified atom stereocenters. The second-order valence-electron chi connectivity index (χ2n) is 13.7. The summed E-state index contributed by atoms with van der Waals surface area (Å²) in [6, 6.07) is 46.9. The minimum absolute atomic E-state index is 0.279. The molecule has 0 fully saturated rings. The lowest BCUT2D eigenvalue weighted by molar-refractivity contribution is -0.131. The first kappa shape index (κ1) is 35.7. The van der Waals surface area contributed by atoms with Crippen LogP contribution in [0.2, 0.25) is 0 Å². The van der Waals surface area contributed by atoms with Crippen molar-refractivity contribution in [2.75, 3.05) is 7.11 Å². The van der Waals surface area contributed by atoms with E-state index in [1.54, 1.807) is 19.2 Å². The van der Waals surface area contributed by atoms with Gasteiger partial charge in [-0.3, -0.25) is 4.79 Å². The summed E-state index contributed by atoms with van der Waals surface area (Å²) >= 11 is 0. The highest BCUT2D eigenvalue weighted by atomic mass is 16.7. The highest BCUT2D eigenvalue weighted by molar-refractivity contribution is 5.79. The van der Waals surface area contributed by atoms with Gasteiger partial charge in [0.1, 0.15) is 23.0 Å². The molecule has 0 heterocycles. The fourth-order valence-electron chi connectivity index (χ4n) is 6.34. The molecule has 6 nitrogen and oxygen atoms in total. The highest BCUT2D eigenvalue weighted by Gasteiger charge is 2.27. The molecule has 0 N–H and O–H groups in total. The van der Waals surface area contributed by atoms with Crippen LogP contribution in [0.4, 0.5) is 4.79 Å². The molecule has 0 saturated carbocycles. The van der Waals surface area contributed by atoms with Gasteiger partial charge in [0, 0.05) is 28.9 Å². The molecule has 6 heteroatoms. The van der Waals surface area contributed by atoms with Gasteiger partial charge in [-0.05, 0) is 81.9 Å². The van der Waals surface area contributed by atoms with Crippen LogP contribution in [0, 0.1) is 0 Å². The normalized spacial score (nSPS) is 11.4. The molecule has 52 heavy (non-hydrogen) atoms. The van der Waals surface area contributed by atoms with E-state index in [0.29, 0.717) is 17.2 Å². The van der Waals surface area contributed by atoms with Crippen molar-refractivity contribution in [3.8, 4) is 45.3 Å². The van der Waals surface area contributed by atoms with Gasteiger partial charge in [-0.1, -0.05) is 125 Å². The van der Waals surface area contributed by atoms with Crippen molar-refractivity contribution in [1.29, 1.82) is 0 Å². The Hall–Kier alpha value is -6.14. The van der Waals surface area contributed by atoms with Crippen LogP contribution in [0.3, 0.4) is 0 Å². The van der Waals surface area contributed by atoms with Crippen molar-refractivity contribution in [3.63, 3.8) is 0 Å². The van der Waals surface area contributed by atoms with Gasteiger partial charge in [0.2, 0.25) is 0 Å². The van der Waals surface area contributed by atoms with Gasteiger partial charge in [-0.15, -0.1) is 0 Å². The molecule has 0 saturated heterocycles. The van der Waals surface area contributed by atoms with E-state index in [-0.39, 0.29) is 11.4 Å². The van der Waals surface area contributed by atoms with Gasteiger partial charge >= 0.3 is 12.1 Å². The topological polar surface area (TPSA) is 71.1 Å². The number of ether oxygens (including phenoxy) is 4. The monoisotopic (exact) mass is 690 g/mol. The zero-order valence-corrected chi connectivity index (χ0v) is 30.3. The Morgan fingerprint density at radius 1 is 0.462 bits per heavy atom. The van der Waals surface area contributed by atoms with Crippen LogP contribution in [-0.4, -0.2) is 19.2 Å². The molecule has 0 spiro atoms. The van der Waals surface area contributed by atoms with Crippen LogP contribution in [0.1, 0.15) is 56.9 Å². The second-order valence-corrected chi connectivity index (χ2v) is 13.7. The first-order valence-corrected chi connectivity index (χ1v) is 17.2. The fourth-order valence-corrected chi connectivity index (χ4v) is 6.34. The predicted octanol–water partition coefficient (Wildman–Crippen LogP) is 11.2. The Morgan fingerprint density at radius 2 is 0.865 bits per heavy atom. The summed E-state index contributed by atoms with van der Waals surface area (Å²) in [7, 11) is 1.65. The molecule has 6 rings (SSSR count). The molecule has 0 amide bonds. The summed E-state index contributed by atoms with van der Waals surface area (Å²) in [4.78, 5) is 25.1. The maximum Gasteiger partial charge on any atom is 0.519 e. The molecule has 0 aromatic heterocycles. The first-order valence-electron chi connectivity index (χ1n) is 17.2. The Kier molecular flexibility index (Phi) is 10.3. The molecular formula is C46H42O6. The van der Waals surface area contributed by atoms with E-state index in [0.717, 1.165) is 50.3 Å². The van der Waals surface area contributed by atoms with Crippen LogP contribution in [0.5, 0.6) is 23.0 Å². The number of esters is 1. The third kappa shape index (κ3) is 7.77. The van der Waals surface area contributed by atoms with Crippen molar-refractivity contribution in [3.05, 3.63) is 168 Å². The molecule has 6 aromatic rings. The van der Waals surface area contributed by atoms with E-state index in [4.69, 9.17) is 18.9 Å². The van der Waals surface area contributed by atoms with Gasteiger partial charge in [-0.2, -0.15) is 0 Å². The highest BCUT2D eigenvalue weighted by Crippen LogP contribution is 2.41. The largest absolute Gasteiger partial charge is 0.519 e. The number of rotatable bonds is 10. The minimum Gasteiger partial charge on any atom is -0.497 e. The lowest BCUT2D eigenvalue weighted by Crippen LogP contribution is -2.20. The molecule has 0 aliphatic heterocycles. The van der Waals surface area contributed by atoms with Crippen molar-refractivity contribution in [1.82, 2.24) is 0 Å². The van der Waals surface area contributed by atoms with Crippen LogP contribution >= 0.6 is 0 Å². The summed E-state index contributed by atoms with van der Waals surface area (Å²) in [6.45, 7) is 9.98. The van der Waals surface area contributed by atoms with Crippen LogP contribution in [-0.2, 0) is 15.6 Å². The maximum absolute atomic E-state index is 13.2. The number of hydrogen-bond acceptors (Lipinski definition) is 6. The number of carbonyl (C=O) groups excluding carboxylic acids is 2. The van der Waals surface area contributed by atoms with E-state index < -0.39 is 11.6 Å². The number of benzene rings is 6. The van der Waals surface area contributed by atoms with Crippen molar-refractivity contribution in [2.24, 2.45) is 0 Å². The molecule has 0 bridgehead atoms. The van der Waals surface area contributed by atoms with E-state index >= 15 is 0 Å². The van der Waals surface area contributed by atoms with Crippen molar-refractivity contribution < 1.29 is 28.5 Å². The zero-order chi connectivity index (χ0) is 36.9. The lowest BCUT2D eigenvalue weighted by Gasteiger charge is -2.28. The van der Waals surface area contributed by atoms with E-state index in [9.17, 15) is 9.59 Å². The summed E-state index contributed by atoms with van der Waals surface area (Å²) < 4.78 is 22.4. The maximum atomic E-state index is 13.2. The summed E-state index contributed by atoms with van der Waals surface area (Å²) in [6.07, 6.45) is -0.833. The second kappa shape index (κ2) is 15.0. The number of carbonyl (C=O) groups is 2. The van der Waals surface area contributed by atoms with Gasteiger partial charge in [0.15, 0.2) is 0 Å². The van der Waals surface area contributed by atoms with Crippen LogP contribution < -0.4 is 18.9 Å². The van der Waals surface area contributed by atoms with Crippen LogP contribution in [0.25, 0.3) is 22.3 Å². The van der Waals surface area contributed by atoms with E-state index in [2.05, 4.69) is 52.0 Å². The van der Waals surface area contributed by atoms with Crippen LogP contribution in [0.15, 0.2) is 146 Å². The quantitative estimate of drug-likeness (QED) is 0.0809. The van der Waals surface area contributed by atoms with Crippen molar-refractivity contribution >= 4 is 12.1 Å². The third-order valence-electron chi connectivity index (χ3n) is 9.61. The predicted molar refractivity (Wildman–Crippen MR) is 205 cm³/mol. The Bertz CT molecular complexity index is 2170. The molecule has 0 aliphatic rings. The lowest BCUT2D eigenvalue weighted by atomic mass is 9.76. The van der Waals surface area contributed by atoms with Gasteiger partial charge in [-0.25, -0.2) is 4.79 Å². The van der Waals surface area contributed by atoms with Gasteiger partial charge in [0.25, 0.3) is 0 Å². The average Bonchev–Trinajstić information content (AvgIpc) is 3.15. The first-order chi connectivity index (χ1) is 24.9. The third-order valence-corrected chi connectivity index (χ3v) is 9.61. The fraction of sp³-hybridized carbons (Fsp3) is 0.174. The average molecular weight is 691 g/mol. The molecule has 6 aromatic carbocycles. The van der Waals surface area contributed by atoms with Gasteiger partial charge in [0.05, 0.1) is 7.11 Å². The summed E-state index contributed by atoms with van der Waals surface area (Å²) in [5.41, 5.74) is 6.87. The SMILES string of the molecule is COc1ccc(C(C)(C)c2ccc(OC(=O)Oc3ccc(C(C)(C)c4ccc(OC(C)=O)c(-c5ccccc5)c4)cc3-c3ccccc3)cc2)cc1. The molecule has 262 valence electrons. The van der Waals surface area contributed by atoms with E-state index in [1.807, 2.05) is 109 Å². The zero-order valence-electron chi connectivity index (χ0n) is 30.3. The number of hydrogen-bond donors (Lipinski definition) is 0. The standard InChI is InChI=1S/C46H42O6/c1-31(47)50-42-27-21-36(29-40(42)32-13-9-7-10-14-32)46(4,5)37-22-28-43(41(30-37)33-15-11-8-12-16-33)52-44(48)51-39-25-19-35(20-26-39)45(2,3)34-17-23-38(49-6)24-18-34/h7-30H,1-6H3. The summed E-state index contributed by atoms with van der Waals surface area (Å²) in [5, 5.41) is 0. The molecule has 0 radical (unpaired) electrons. The van der Waals surface area contributed by atoms with Crippen molar-refractivity contribution in [2.45, 2.75) is 45.4 Å².